The maximum atomic E-state index is 14.5. The van der Waals surface area contributed by atoms with Gasteiger partial charge in [0.05, 0.1) is 11.3 Å². The molecule has 2 aliphatic heterocycles. The number of epoxide rings is 1. The Bertz CT molecular complexity index is 1380. The number of hydrogen-bond donors (Lipinski definition) is 1. The van der Waals surface area contributed by atoms with E-state index in [2.05, 4.69) is 25.0 Å². The van der Waals surface area contributed by atoms with E-state index < -0.39 is 23.4 Å². The number of halogens is 2. The number of anilines is 2. The molecule has 2 aromatic heterocycles. The molecule has 0 radical (unpaired) electrons. The molecule has 1 aliphatic carbocycles. The molecule has 7 nitrogen and oxygen atoms in total. The second kappa shape index (κ2) is 8.31. The summed E-state index contributed by atoms with van der Waals surface area (Å²) in [5.41, 5.74) is 0.871. The van der Waals surface area contributed by atoms with Crippen molar-refractivity contribution < 1.29 is 18.6 Å². The molecular weight excluding hydrogens is 464 g/mol. The Morgan fingerprint density at radius 1 is 1.06 bits per heavy atom. The molecule has 186 valence electrons. The van der Waals surface area contributed by atoms with Crippen molar-refractivity contribution in [2.24, 2.45) is 0 Å². The fourth-order valence-electron chi connectivity index (χ4n) is 4.87. The van der Waals surface area contributed by atoms with Crippen molar-refractivity contribution in [3.8, 4) is 0 Å². The molecule has 36 heavy (non-hydrogen) atoms. The number of hydrogen-bond acceptors (Lipinski definition) is 7. The van der Waals surface area contributed by atoms with Gasteiger partial charge in [0.25, 0.3) is 5.85 Å². The number of piperazine rings is 1. The number of rotatable bonds is 5. The molecule has 3 aliphatic rings. The average molecular weight is 492 g/mol. The number of aromatic nitrogens is 3. The van der Waals surface area contributed by atoms with Crippen molar-refractivity contribution in [3.05, 3.63) is 77.4 Å². The van der Waals surface area contributed by atoms with Gasteiger partial charge in [0.2, 0.25) is 0 Å². The minimum atomic E-state index is -1.99. The van der Waals surface area contributed by atoms with Crippen LogP contribution in [0.2, 0.25) is 0 Å². The van der Waals surface area contributed by atoms with Gasteiger partial charge >= 0.3 is 0 Å². The number of benzene rings is 1. The first kappa shape index (κ1) is 23.0. The molecule has 0 amide bonds. The van der Waals surface area contributed by atoms with Crippen LogP contribution >= 0.6 is 0 Å². The van der Waals surface area contributed by atoms with Gasteiger partial charge in [0, 0.05) is 61.2 Å². The van der Waals surface area contributed by atoms with E-state index in [4.69, 9.17) is 4.74 Å². The van der Waals surface area contributed by atoms with Crippen LogP contribution in [-0.2, 0) is 16.8 Å². The minimum absolute atomic E-state index is 0.214. The van der Waals surface area contributed by atoms with Crippen LogP contribution < -0.4 is 9.80 Å². The van der Waals surface area contributed by atoms with E-state index in [0.29, 0.717) is 11.3 Å². The van der Waals surface area contributed by atoms with Crippen LogP contribution in [0.4, 0.5) is 20.4 Å². The summed E-state index contributed by atoms with van der Waals surface area (Å²) < 4.78 is 33.4. The fourth-order valence-corrected chi connectivity index (χ4v) is 4.87. The van der Waals surface area contributed by atoms with E-state index in [0.717, 1.165) is 60.2 Å². The van der Waals surface area contributed by atoms with Crippen LogP contribution in [0.15, 0.2) is 66.1 Å². The van der Waals surface area contributed by atoms with Crippen LogP contribution in [0.3, 0.4) is 0 Å². The third kappa shape index (κ3) is 4.12. The Morgan fingerprint density at radius 3 is 2.47 bits per heavy atom. The van der Waals surface area contributed by atoms with Gasteiger partial charge in [-0.15, -0.1) is 5.10 Å². The number of pyridine rings is 1. The number of aliphatic hydroxyl groups is 1. The second-order valence-corrected chi connectivity index (χ2v) is 10.1. The lowest BCUT2D eigenvalue weighted by Gasteiger charge is -2.36. The topological polar surface area (TPSA) is 77.9 Å². The van der Waals surface area contributed by atoms with Crippen molar-refractivity contribution in [2.75, 3.05) is 36.0 Å². The van der Waals surface area contributed by atoms with Gasteiger partial charge in [0.15, 0.2) is 5.82 Å². The highest BCUT2D eigenvalue weighted by atomic mass is 19.2. The Kier molecular flexibility index (Phi) is 5.31. The van der Waals surface area contributed by atoms with Gasteiger partial charge in [-0.05, 0) is 31.6 Å². The summed E-state index contributed by atoms with van der Waals surface area (Å²) in [6.07, 6.45) is 3.63. The molecule has 2 fully saturated rings. The van der Waals surface area contributed by atoms with Crippen LogP contribution in [0.1, 0.15) is 25.1 Å². The maximum absolute atomic E-state index is 14.5. The highest BCUT2D eigenvalue weighted by Gasteiger charge is 2.57. The molecule has 1 aromatic carbocycles. The van der Waals surface area contributed by atoms with Crippen molar-refractivity contribution >= 4 is 22.4 Å². The van der Waals surface area contributed by atoms with Crippen LogP contribution in [-0.4, -0.2) is 58.4 Å². The van der Waals surface area contributed by atoms with Gasteiger partial charge in [-0.25, -0.2) is 13.8 Å². The smallest absolute Gasteiger partial charge is 0.262 e. The van der Waals surface area contributed by atoms with E-state index in [1.165, 1.54) is 6.08 Å². The molecule has 6 rings (SSSR count). The summed E-state index contributed by atoms with van der Waals surface area (Å²) in [4.78, 5) is 8.97. The lowest BCUT2D eigenvalue weighted by atomic mass is 9.98. The number of alkyl halides is 1. The molecule has 3 aromatic rings. The van der Waals surface area contributed by atoms with Gasteiger partial charge in [-0.2, -0.15) is 5.10 Å². The van der Waals surface area contributed by atoms with Gasteiger partial charge < -0.3 is 19.6 Å². The number of allylic oxidation sites excluding steroid dienone is 2. The SMILES string of the molecule is CC(C)(O)c1ccc(N2CCN(c3nnc(CC4=CC5OC5(F)C=C4F)c4ccccc34)CC2)nc1. The summed E-state index contributed by atoms with van der Waals surface area (Å²) >= 11 is 0. The highest BCUT2D eigenvalue weighted by molar-refractivity contribution is 5.93. The molecule has 2 atom stereocenters. The van der Waals surface area contributed by atoms with Crippen LogP contribution in [0.25, 0.3) is 10.8 Å². The molecule has 0 saturated carbocycles. The molecule has 0 spiro atoms. The van der Waals surface area contributed by atoms with E-state index in [-0.39, 0.29) is 6.42 Å². The lowest BCUT2D eigenvalue weighted by molar-refractivity contribution is 0.0782. The Hall–Kier alpha value is -3.43. The highest BCUT2D eigenvalue weighted by Crippen LogP contribution is 2.46. The standard InChI is InChI=1S/C27H27F2N5O2/c1-26(2,35)18-7-8-24(30-16-18)33-9-11-34(12-10-33)25-20-6-4-3-5-19(20)22(31-32-25)13-17-14-23-27(29,36-23)15-21(17)28/h3-8,14-16,23,35H,9-13H2,1-2H3. The van der Waals surface area contributed by atoms with E-state index >= 15 is 0 Å². The Labute approximate surface area is 207 Å². The first-order valence-electron chi connectivity index (χ1n) is 12.1. The molecule has 1 N–H and O–H groups in total. The summed E-state index contributed by atoms with van der Waals surface area (Å²) in [6.45, 7) is 6.51. The minimum Gasteiger partial charge on any atom is -0.386 e. The lowest BCUT2D eigenvalue weighted by Crippen LogP contribution is -2.47. The summed E-state index contributed by atoms with van der Waals surface area (Å²) in [6, 6.07) is 11.7. The quantitative estimate of drug-likeness (QED) is 0.541. The zero-order valence-corrected chi connectivity index (χ0v) is 20.2. The summed E-state index contributed by atoms with van der Waals surface area (Å²) in [7, 11) is 0. The summed E-state index contributed by atoms with van der Waals surface area (Å²) in [5, 5.41) is 21.0. The third-order valence-corrected chi connectivity index (χ3v) is 7.08. The number of fused-ring (bicyclic) bond motifs is 2. The zero-order chi connectivity index (χ0) is 25.1. The van der Waals surface area contributed by atoms with Crippen molar-refractivity contribution in [2.45, 2.75) is 37.8 Å². The zero-order valence-electron chi connectivity index (χ0n) is 20.2. The van der Waals surface area contributed by atoms with Crippen molar-refractivity contribution in [3.63, 3.8) is 0 Å². The van der Waals surface area contributed by atoms with Gasteiger partial charge in [0.1, 0.15) is 17.7 Å². The molecule has 2 unspecified atom stereocenters. The van der Waals surface area contributed by atoms with E-state index in [1.807, 2.05) is 36.4 Å². The normalized spacial score (nSPS) is 23.9. The summed E-state index contributed by atoms with van der Waals surface area (Å²) in [5.74, 6) is -0.926. The van der Waals surface area contributed by atoms with E-state index in [1.54, 1.807) is 20.0 Å². The second-order valence-electron chi connectivity index (χ2n) is 10.1. The van der Waals surface area contributed by atoms with Gasteiger partial charge in [-0.3, -0.25) is 0 Å². The molecule has 4 heterocycles. The monoisotopic (exact) mass is 491 g/mol. The first-order valence-corrected chi connectivity index (χ1v) is 12.1. The van der Waals surface area contributed by atoms with Crippen molar-refractivity contribution in [1.29, 1.82) is 0 Å². The Morgan fingerprint density at radius 2 is 1.78 bits per heavy atom. The molecule has 2 saturated heterocycles. The largest absolute Gasteiger partial charge is 0.386 e. The van der Waals surface area contributed by atoms with Crippen molar-refractivity contribution in [1.82, 2.24) is 15.2 Å². The first-order chi connectivity index (χ1) is 17.2. The predicted octanol–water partition coefficient (Wildman–Crippen LogP) is 3.98. The third-order valence-electron chi connectivity index (χ3n) is 7.08. The average Bonchev–Trinajstić information content (AvgIpc) is 3.53. The predicted molar refractivity (Wildman–Crippen MR) is 133 cm³/mol. The fraction of sp³-hybridized carbons (Fsp3) is 0.370. The molecule has 0 bridgehead atoms. The van der Waals surface area contributed by atoms with E-state index in [9.17, 15) is 13.9 Å². The Balaban J connectivity index is 1.20. The van der Waals surface area contributed by atoms with Crippen LogP contribution in [0.5, 0.6) is 0 Å². The number of nitrogens with zero attached hydrogens (tertiary/aromatic N) is 5. The van der Waals surface area contributed by atoms with Gasteiger partial charge in [-0.1, -0.05) is 30.3 Å². The maximum Gasteiger partial charge on any atom is 0.262 e. The van der Waals surface area contributed by atoms with Crippen LogP contribution in [0, 0.1) is 0 Å². The number of ether oxygens (including phenoxy) is 1. The molecular formula is C27H27F2N5O2. The molecule has 9 heteroatoms.